The topological polar surface area (TPSA) is 75.4 Å². The van der Waals surface area contributed by atoms with Gasteiger partial charge in [-0.05, 0) is 25.1 Å². The predicted molar refractivity (Wildman–Crippen MR) is 83.6 cm³/mol. The Labute approximate surface area is 133 Å². The van der Waals surface area contributed by atoms with Crippen LogP contribution in [-0.2, 0) is 9.59 Å². The summed E-state index contributed by atoms with van der Waals surface area (Å²) in [7, 11) is 1.51. The maximum Gasteiger partial charge on any atom is 0.243 e. The van der Waals surface area contributed by atoms with Crippen LogP contribution in [0.3, 0.4) is 0 Å². The smallest absolute Gasteiger partial charge is 0.243 e. The summed E-state index contributed by atoms with van der Waals surface area (Å²) in [6.45, 7) is 1.48. The molecule has 0 unspecified atom stereocenters. The molecule has 0 aromatic heterocycles. The highest BCUT2D eigenvalue weighted by molar-refractivity contribution is 6.42. The molecule has 0 saturated carbocycles. The van der Waals surface area contributed by atoms with E-state index in [4.69, 9.17) is 28.9 Å². The number of rotatable bonds is 4. The van der Waals surface area contributed by atoms with Gasteiger partial charge in [0.15, 0.2) is 0 Å². The average Bonchev–Trinajstić information content (AvgIpc) is 2.32. The molecule has 1 atom stereocenters. The molecule has 20 heavy (non-hydrogen) atoms. The third kappa shape index (κ3) is 5.54. The molecule has 112 valence electrons. The number of carbonyl (C=O) groups is 2. The first-order valence-corrected chi connectivity index (χ1v) is 6.32. The van der Waals surface area contributed by atoms with E-state index in [-0.39, 0.29) is 30.8 Å². The van der Waals surface area contributed by atoms with Crippen LogP contribution in [0.15, 0.2) is 18.2 Å². The van der Waals surface area contributed by atoms with Crippen LogP contribution in [0.1, 0.15) is 6.92 Å². The lowest BCUT2D eigenvalue weighted by Crippen LogP contribution is -2.43. The second kappa shape index (κ2) is 8.32. The third-order valence-corrected chi connectivity index (χ3v) is 3.09. The minimum atomic E-state index is -0.636. The Bertz CT molecular complexity index is 495. The molecule has 0 bridgehead atoms. The number of amides is 2. The lowest BCUT2D eigenvalue weighted by molar-refractivity contribution is -0.134. The van der Waals surface area contributed by atoms with Crippen molar-refractivity contribution in [2.24, 2.45) is 5.73 Å². The Hall–Kier alpha value is -1.01. The molecule has 0 aliphatic carbocycles. The van der Waals surface area contributed by atoms with Crippen molar-refractivity contribution in [1.82, 2.24) is 4.90 Å². The molecule has 0 saturated heterocycles. The van der Waals surface area contributed by atoms with Crippen LogP contribution in [0.25, 0.3) is 0 Å². The van der Waals surface area contributed by atoms with E-state index in [0.29, 0.717) is 15.7 Å². The standard InChI is InChI=1S/C12H15Cl2N3O2.ClH/c1-7(15)12(19)17(2)6-11(18)16-8-3-4-9(13)10(14)5-8;/h3-5,7H,6,15H2,1-2H3,(H,16,18);1H/t7-;/m1./s1. The van der Waals surface area contributed by atoms with Crippen molar-refractivity contribution in [3.05, 3.63) is 28.2 Å². The van der Waals surface area contributed by atoms with Crippen LogP contribution < -0.4 is 11.1 Å². The third-order valence-electron chi connectivity index (χ3n) is 2.35. The molecule has 1 aromatic carbocycles. The van der Waals surface area contributed by atoms with Crippen molar-refractivity contribution in [2.75, 3.05) is 18.9 Å². The summed E-state index contributed by atoms with van der Waals surface area (Å²) in [4.78, 5) is 24.5. The van der Waals surface area contributed by atoms with Crippen LogP contribution in [-0.4, -0.2) is 36.3 Å². The lowest BCUT2D eigenvalue weighted by atomic mass is 10.3. The van der Waals surface area contributed by atoms with Crippen LogP contribution in [0.2, 0.25) is 10.0 Å². The Morgan fingerprint density at radius 2 is 1.95 bits per heavy atom. The number of hydrogen-bond donors (Lipinski definition) is 2. The summed E-state index contributed by atoms with van der Waals surface area (Å²) in [5.41, 5.74) is 5.96. The Morgan fingerprint density at radius 1 is 1.35 bits per heavy atom. The van der Waals surface area contributed by atoms with E-state index in [9.17, 15) is 9.59 Å². The van der Waals surface area contributed by atoms with Gasteiger partial charge in [0, 0.05) is 12.7 Å². The van der Waals surface area contributed by atoms with E-state index < -0.39 is 6.04 Å². The number of benzene rings is 1. The van der Waals surface area contributed by atoms with Crippen molar-refractivity contribution in [3.8, 4) is 0 Å². The van der Waals surface area contributed by atoms with Gasteiger partial charge in [-0.1, -0.05) is 23.2 Å². The highest BCUT2D eigenvalue weighted by Gasteiger charge is 2.16. The fraction of sp³-hybridized carbons (Fsp3) is 0.333. The quantitative estimate of drug-likeness (QED) is 0.882. The van der Waals surface area contributed by atoms with E-state index >= 15 is 0 Å². The van der Waals surface area contributed by atoms with E-state index in [1.165, 1.54) is 18.0 Å². The van der Waals surface area contributed by atoms with Crippen molar-refractivity contribution in [3.63, 3.8) is 0 Å². The van der Waals surface area contributed by atoms with Gasteiger partial charge < -0.3 is 16.0 Å². The van der Waals surface area contributed by atoms with E-state index in [1.54, 1.807) is 19.1 Å². The summed E-state index contributed by atoms with van der Waals surface area (Å²) in [5, 5.41) is 3.37. The Balaban J connectivity index is 0.00000361. The highest BCUT2D eigenvalue weighted by atomic mass is 35.5. The summed E-state index contributed by atoms with van der Waals surface area (Å²) >= 11 is 11.6. The summed E-state index contributed by atoms with van der Waals surface area (Å²) in [6.07, 6.45) is 0. The molecule has 2 amide bonds. The number of nitrogens with zero attached hydrogens (tertiary/aromatic N) is 1. The second-order valence-corrected chi connectivity index (χ2v) is 4.97. The number of nitrogens with two attached hydrogens (primary N) is 1. The zero-order valence-corrected chi connectivity index (χ0v) is 13.4. The summed E-state index contributed by atoms with van der Waals surface area (Å²) < 4.78 is 0. The molecule has 0 aliphatic rings. The van der Waals surface area contributed by atoms with E-state index in [2.05, 4.69) is 5.32 Å². The average molecular weight is 341 g/mol. The highest BCUT2D eigenvalue weighted by Crippen LogP contribution is 2.24. The fourth-order valence-electron chi connectivity index (χ4n) is 1.42. The van der Waals surface area contributed by atoms with Crippen LogP contribution in [0.5, 0.6) is 0 Å². The molecule has 0 fully saturated rings. The molecule has 5 nitrogen and oxygen atoms in total. The maximum atomic E-state index is 11.7. The van der Waals surface area contributed by atoms with E-state index in [1.807, 2.05) is 0 Å². The molecule has 3 N–H and O–H groups in total. The van der Waals surface area contributed by atoms with Gasteiger partial charge >= 0.3 is 0 Å². The van der Waals surface area contributed by atoms with Gasteiger partial charge in [0.25, 0.3) is 0 Å². The normalized spacial score (nSPS) is 11.2. The first kappa shape index (κ1) is 19.0. The first-order chi connectivity index (χ1) is 8.81. The van der Waals surface area contributed by atoms with Crippen molar-refractivity contribution in [1.29, 1.82) is 0 Å². The van der Waals surface area contributed by atoms with Gasteiger partial charge in [0.1, 0.15) is 0 Å². The SMILES string of the molecule is C[C@@H](N)C(=O)N(C)CC(=O)Nc1ccc(Cl)c(Cl)c1.Cl. The van der Waals surface area contributed by atoms with E-state index in [0.717, 1.165) is 0 Å². The first-order valence-electron chi connectivity index (χ1n) is 5.56. The summed E-state index contributed by atoms with van der Waals surface area (Å²) in [6, 6.07) is 4.10. The minimum absolute atomic E-state index is 0. The van der Waals surface area contributed by atoms with Gasteiger partial charge in [-0.2, -0.15) is 0 Å². The predicted octanol–water partition coefficient (Wildman–Crippen LogP) is 2.16. The van der Waals surface area contributed by atoms with Gasteiger partial charge in [0.05, 0.1) is 22.6 Å². The monoisotopic (exact) mass is 339 g/mol. The lowest BCUT2D eigenvalue weighted by Gasteiger charge is -2.18. The van der Waals surface area contributed by atoms with Crippen LogP contribution in [0, 0.1) is 0 Å². The molecule has 0 aliphatic heterocycles. The molecule has 1 rings (SSSR count). The number of anilines is 1. The molecule has 0 spiro atoms. The second-order valence-electron chi connectivity index (χ2n) is 4.16. The van der Waals surface area contributed by atoms with Crippen LogP contribution in [0.4, 0.5) is 5.69 Å². The molecule has 8 heteroatoms. The number of carbonyl (C=O) groups excluding carboxylic acids is 2. The van der Waals surface area contributed by atoms with Crippen molar-refractivity contribution in [2.45, 2.75) is 13.0 Å². The number of nitrogens with one attached hydrogen (secondary N) is 1. The Kier molecular flexibility index (Phi) is 7.90. The van der Waals surface area contributed by atoms with Gasteiger partial charge in [-0.25, -0.2) is 0 Å². The number of halogens is 3. The molecule has 1 aromatic rings. The number of likely N-dealkylation sites (N-methyl/N-ethyl adjacent to an activating group) is 1. The fourth-order valence-corrected chi connectivity index (χ4v) is 1.71. The van der Waals surface area contributed by atoms with Crippen molar-refractivity contribution < 1.29 is 9.59 Å². The largest absolute Gasteiger partial charge is 0.335 e. The zero-order chi connectivity index (χ0) is 14.6. The molecule has 0 radical (unpaired) electrons. The van der Waals surface area contributed by atoms with Gasteiger partial charge in [-0.15, -0.1) is 12.4 Å². The van der Waals surface area contributed by atoms with Gasteiger partial charge in [-0.3, -0.25) is 9.59 Å². The van der Waals surface area contributed by atoms with Crippen LogP contribution >= 0.6 is 35.6 Å². The molecule has 0 heterocycles. The zero-order valence-electron chi connectivity index (χ0n) is 11.0. The summed E-state index contributed by atoms with van der Waals surface area (Å²) in [5.74, 6) is -0.640. The Morgan fingerprint density at radius 3 is 2.45 bits per heavy atom. The molecular formula is C12H16Cl3N3O2. The number of hydrogen-bond acceptors (Lipinski definition) is 3. The van der Waals surface area contributed by atoms with Crippen molar-refractivity contribution >= 4 is 53.1 Å². The molecular weight excluding hydrogens is 325 g/mol. The van der Waals surface area contributed by atoms with Gasteiger partial charge in [0.2, 0.25) is 11.8 Å². The maximum absolute atomic E-state index is 11.7. The minimum Gasteiger partial charge on any atom is -0.335 e.